The monoisotopic (exact) mass is 302 g/mol. The second-order valence-electron chi connectivity index (χ2n) is 5.12. The molecule has 1 heterocycles. The van der Waals surface area contributed by atoms with E-state index in [1.54, 1.807) is 0 Å². The van der Waals surface area contributed by atoms with Crippen LogP contribution in [-0.2, 0) is 0 Å². The maximum Gasteiger partial charge on any atom is 0.573 e. The highest BCUT2D eigenvalue weighted by molar-refractivity contribution is 5.94. The van der Waals surface area contributed by atoms with Crippen LogP contribution in [0.25, 0.3) is 0 Å². The van der Waals surface area contributed by atoms with E-state index >= 15 is 0 Å². The fraction of sp³-hybridized carbons (Fsp3) is 0.500. The molecule has 0 bridgehead atoms. The number of benzene rings is 1. The van der Waals surface area contributed by atoms with Crippen molar-refractivity contribution in [3.63, 3.8) is 0 Å². The third-order valence-electron chi connectivity index (χ3n) is 3.45. The Morgan fingerprint density at radius 1 is 1.33 bits per heavy atom. The van der Waals surface area contributed by atoms with Crippen LogP contribution in [0.3, 0.4) is 0 Å². The molecule has 2 atom stereocenters. The van der Waals surface area contributed by atoms with Crippen molar-refractivity contribution in [2.75, 3.05) is 13.1 Å². The van der Waals surface area contributed by atoms with Gasteiger partial charge in [-0.15, -0.1) is 13.2 Å². The Morgan fingerprint density at radius 3 is 2.57 bits per heavy atom. The normalized spacial score (nSPS) is 22.7. The predicted molar refractivity (Wildman–Crippen MR) is 71.0 cm³/mol. The van der Waals surface area contributed by atoms with Crippen LogP contribution in [0.1, 0.15) is 23.7 Å². The molecule has 7 heteroatoms. The number of hydrogen-bond acceptors (Lipinski definition) is 3. The van der Waals surface area contributed by atoms with Gasteiger partial charge in [-0.25, -0.2) is 0 Å². The van der Waals surface area contributed by atoms with E-state index in [4.69, 9.17) is 0 Å². The summed E-state index contributed by atoms with van der Waals surface area (Å²) in [6.07, 6.45) is -3.89. The van der Waals surface area contributed by atoms with Gasteiger partial charge >= 0.3 is 6.36 Å². The topological polar surface area (TPSA) is 50.4 Å². The molecule has 4 nitrogen and oxygen atoms in total. The lowest BCUT2D eigenvalue weighted by Crippen LogP contribution is -2.48. The molecule has 1 aromatic carbocycles. The second-order valence-corrected chi connectivity index (χ2v) is 5.12. The standard InChI is InChI=1S/C14H17F3N2O2/c1-9-8-18-7-6-12(9)19-13(20)10-2-4-11(5-3-10)21-14(15,16)17/h2-5,9,12,18H,6-8H2,1H3,(H,19,20). The Hall–Kier alpha value is -1.76. The van der Waals surface area contributed by atoms with Crippen LogP contribution < -0.4 is 15.4 Å². The summed E-state index contributed by atoms with van der Waals surface area (Å²) in [4.78, 5) is 12.1. The van der Waals surface area contributed by atoms with Gasteiger partial charge in [0.25, 0.3) is 5.91 Å². The molecular weight excluding hydrogens is 285 g/mol. The number of rotatable bonds is 3. The number of ether oxygens (including phenoxy) is 1. The van der Waals surface area contributed by atoms with Crippen molar-refractivity contribution >= 4 is 5.91 Å². The quantitative estimate of drug-likeness (QED) is 0.901. The van der Waals surface area contributed by atoms with Gasteiger partial charge in [0, 0.05) is 11.6 Å². The third kappa shape index (κ3) is 4.63. The predicted octanol–water partition coefficient (Wildman–Crippen LogP) is 2.31. The molecule has 2 rings (SSSR count). The molecule has 1 aromatic rings. The van der Waals surface area contributed by atoms with Gasteiger partial charge in [-0.05, 0) is 49.7 Å². The lowest BCUT2D eigenvalue weighted by molar-refractivity contribution is -0.274. The minimum Gasteiger partial charge on any atom is -0.406 e. The molecule has 116 valence electrons. The zero-order chi connectivity index (χ0) is 15.5. The van der Waals surface area contributed by atoms with Crippen LogP contribution in [0.15, 0.2) is 24.3 Å². The fourth-order valence-corrected chi connectivity index (χ4v) is 2.29. The van der Waals surface area contributed by atoms with Crippen molar-refractivity contribution in [1.82, 2.24) is 10.6 Å². The molecule has 1 aliphatic heterocycles. The van der Waals surface area contributed by atoms with E-state index in [-0.39, 0.29) is 17.7 Å². The first-order valence-electron chi connectivity index (χ1n) is 6.72. The minimum absolute atomic E-state index is 0.0739. The number of hydrogen-bond donors (Lipinski definition) is 2. The largest absolute Gasteiger partial charge is 0.573 e. The summed E-state index contributed by atoms with van der Waals surface area (Å²) in [5.74, 6) is -0.308. The average molecular weight is 302 g/mol. The van der Waals surface area contributed by atoms with Crippen molar-refractivity contribution in [2.45, 2.75) is 25.7 Å². The Kier molecular flexibility index (Phi) is 4.72. The summed E-state index contributed by atoms with van der Waals surface area (Å²) in [6.45, 7) is 3.72. The first-order valence-corrected chi connectivity index (χ1v) is 6.72. The minimum atomic E-state index is -4.73. The van der Waals surface area contributed by atoms with Gasteiger partial charge in [0.15, 0.2) is 0 Å². The molecule has 2 N–H and O–H groups in total. The smallest absolute Gasteiger partial charge is 0.406 e. The summed E-state index contributed by atoms with van der Waals surface area (Å²) < 4.78 is 39.9. The van der Waals surface area contributed by atoms with E-state index in [1.165, 1.54) is 12.1 Å². The van der Waals surface area contributed by atoms with Crippen LogP contribution in [-0.4, -0.2) is 31.4 Å². The summed E-state index contributed by atoms with van der Waals surface area (Å²) in [5, 5.41) is 6.14. The maximum atomic E-state index is 12.1. The van der Waals surface area contributed by atoms with Crippen molar-refractivity contribution in [3.8, 4) is 5.75 Å². The average Bonchev–Trinajstić information content (AvgIpc) is 2.40. The molecule has 1 aliphatic rings. The van der Waals surface area contributed by atoms with E-state index < -0.39 is 6.36 Å². The molecule has 0 aromatic heterocycles. The lowest BCUT2D eigenvalue weighted by Gasteiger charge is -2.30. The van der Waals surface area contributed by atoms with E-state index in [0.29, 0.717) is 11.5 Å². The fourth-order valence-electron chi connectivity index (χ4n) is 2.29. The molecule has 0 radical (unpaired) electrons. The summed E-state index contributed by atoms with van der Waals surface area (Å²) >= 11 is 0. The zero-order valence-corrected chi connectivity index (χ0v) is 11.5. The Labute approximate surface area is 120 Å². The van der Waals surface area contributed by atoms with E-state index in [9.17, 15) is 18.0 Å². The molecule has 0 aliphatic carbocycles. The van der Waals surface area contributed by atoms with Gasteiger partial charge in [0.05, 0.1) is 0 Å². The molecule has 2 unspecified atom stereocenters. The highest BCUT2D eigenvalue weighted by atomic mass is 19.4. The van der Waals surface area contributed by atoms with E-state index in [0.717, 1.165) is 31.6 Å². The zero-order valence-electron chi connectivity index (χ0n) is 11.5. The second kappa shape index (κ2) is 6.34. The van der Waals surface area contributed by atoms with Crippen molar-refractivity contribution in [2.24, 2.45) is 5.92 Å². The molecule has 1 fully saturated rings. The van der Waals surface area contributed by atoms with Crippen molar-refractivity contribution in [3.05, 3.63) is 29.8 Å². The van der Waals surface area contributed by atoms with Crippen LogP contribution in [0, 0.1) is 5.92 Å². The number of carbonyl (C=O) groups is 1. The van der Waals surface area contributed by atoms with Crippen LogP contribution in [0.2, 0.25) is 0 Å². The summed E-state index contributed by atoms with van der Waals surface area (Å²) in [7, 11) is 0. The van der Waals surface area contributed by atoms with Gasteiger partial charge in [-0.2, -0.15) is 0 Å². The molecule has 1 amide bonds. The first kappa shape index (κ1) is 15.6. The van der Waals surface area contributed by atoms with E-state index in [2.05, 4.69) is 15.4 Å². The van der Waals surface area contributed by atoms with Gasteiger partial charge in [-0.1, -0.05) is 6.92 Å². The van der Waals surface area contributed by atoms with E-state index in [1.807, 2.05) is 6.92 Å². The Morgan fingerprint density at radius 2 is 2.00 bits per heavy atom. The maximum absolute atomic E-state index is 12.1. The Balaban J connectivity index is 1.96. The first-order chi connectivity index (χ1) is 9.85. The SMILES string of the molecule is CC1CNCCC1NC(=O)c1ccc(OC(F)(F)F)cc1. The highest BCUT2D eigenvalue weighted by Crippen LogP contribution is 2.22. The number of halogens is 3. The molecule has 0 spiro atoms. The number of amides is 1. The van der Waals surface area contributed by atoms with Crippen LogP contribution in [0.5, 0.6) is 5.75 Å². The number of nitrogens with one attached hydrogen (secondary N) is 2. The molecule has 0 saturated carbocycles. The number of carbonyl (C=O) groups excluding carboxylic acids is 1. The number of piperidine rings is 1. The summed E-state index contributed by atoms with van der Waals surface area (Å²) in [5.41, 5.74) is 0.315. The Bertz CT molecular complexity index is 488. The third-order valence-corrected chi connectivity index (χ3v) is 3.45. The molecule has 1 saturated heterocycles. The van der Waals surface area contributed by atoms with Gasteiger partial charge < -0.3 is 15.4 Å². The molecular formula is C14H17F3N2O2. The summed E-state index contributed by atoms with van der Waals surface area (Å²) in [6, 6.07) is 4.98. The molecule has 21 heavy (non-hydrogen) atoms. The van der Waals surface area contributed by atoms with Gasteiger partial charge in [0.1, 0.15) is 5.75 Å². The van der Waals surface area contributed by atoms with Crippen LogP contribution in [0.4, 0.5) is 13.2 Å². The highest BCUT2D eigenvalue weighted by Gasteiger charge is 2.31. The van der Waals surface area contributed by atoms with Crippen molar-refractivity contribution < 1.29 is 22.7 Å². The van der Waals surface area contributed by atoms with Crippen molar-refractivity contribution in [1.29, 1.82) is 0 Å². The van der Waals surface area contributed by atoms with Gasteiger partial charge in [0.2, 0.25) is 0 Å². The lowest BCUT2D eigenvalue weighted by atomic mass is 9.95. The van der Waals surface area contributed by atoms with Gasteiger partial charge in [-0.3, -0.25) is 4.79 Å². The van der Waals surface area contributed by atoms with Crippen LogP contribution >= 0.6 is 0 Å². The number of alkyl halides is 3.